The summed E-state index contributed by atoms with van der Waals surface area (Å²) < 4.78 is 0. The van der Waals surface area contributed by atoms with E-state index in [9.17, 15) is 0 Å². The van der Waals surface area contributed by atoms with Crippen LogP contribution in [0.1, 0.15) is 5.69 Å². The van der Waals surface area contributed by atoms with E-state index in [0.29, 0.717) is 11.0 Å². The first-order valence-corrected chi connectivity index (χ1v) is 4.29. The summed E-state index contributed by atoms with van der Waals surface area (Å²) >= 11 is 3.16. The van der Waals surface area contributed by atoms with Gasteiger partial charge in [-0.2, -0.15) is 0 Å². The minimum Gasteiger partial charge on any atom is -0.381 e. The average molecular weight is 227 g/mol. The van der Waals surface area contributed by atoms with Gasteiger partial charge in [0.1, 0.15) is 5.69 Å². The summed E-state index contributed by atoms with van der Waals surface area (Å²) in [4.78, 5) is 7.71. The third kappa shape index (κ3) is 2.10. The standard InChI is InChI=1S/C7H7BrN4/c8-3-1-2-5-4-11-6(9)7(10)12-5/h4H,3H2,(H2,9,11)(H2,10,12). The van der Waals surface area contributed by atoms with Crippen LogP contribution in [0.3, 0.4) is 0 Å². The number of nitrogens with zero attached hydrogens (tertiary/aromatic N) is 2. The number of aromatic nitrogens is 2. The Morgan fingerprint density at radius 3 is 2.75 bits per heavy atom. The summed E-state index contributed by atoms with van der Waals surface area (Å²) in [5, 5.41) is 0.596. The molecule has 0 bridgehead atoms. The van der Waals surface area contributed by atoms with Gasteiger partial charge in [-0.25, -0.2) is 9.97 Å². The average Bonchev–Trinajstić information content (AvgIpc) is 2.07. The molecule has 1 rings (SSSR count). The Balaban J connectivity index is 2.97. The molecule has 0 spiro atoms. The SMILES string of the molecule is Nc1ncc(C#CCBr)nc1N. The third-order valence-electron chi connectivity index (χ3n) is 1.11. The van der Waals surface area contributed by atoms with Gasteiger partial charge in [-0.1, -0.05) is 21.9 Å². The smallest absolute Gasteiger partial charge is 0.167 e. The van der Waals surface area contributed by atoms with Crippen LogP contribution in [0.25, 0.3) is 0 Å². The molecular weight excluding hydrogens is 220 g/mol. The van der Waals surface area contributed by atoms with E-state index in [1.165, 1.54) is 6.20 Å². The molecule has 1 heterocycles. The lowest BCUT2D eigenvalue weighted by atomic mass is 10.4. The zero-order valence-corrected chi connectivity index (χ0v) is 7.80. The quantitative estimate of drug-likeness (QED) is 0.496. The van der Waals surface area contributed by atoms with Crippen LogP contribution in [0.15, 0.2) is 6.20 Å². The normalized spacial score (nSPS) is 8.75. The molecule has 1 aromatic rings. The first kappa shape index (κ1) is 8.81. The van der Waals surface area contributed by atoms with Crippen LogP contribution in [-0.4, -0.2) is 15.3 Å². The number of nitrogen functional groups attached to an aromatic ring is 2. The van der Waals surface area contributed by atoms with Crippen molar-refractivity contribution in [2.45, 2.75) is 0 Å². The van der Waals surface area contributed by atoms with Crippen LogP contribution in [0, 0.1) is 11.8 Å². The summed E-state index contributed by atoms with van der Waals surface area (Å²) in [7, 11) is 0. The van der Waals surface area contributed by atoms with Crippen molar-refractivity contribution in [1.82, 2.24) is 9.97 Å². The Kier molecular flexibility index (Phi) is 2.88. The Labute approximate surface area is 78.5 Å². The van der Waals surface area contributed by atoms with E-state index in [0.717, 1.165) is 0 Å². The summed E-state index contributed by atoms with van der Waals surface area (Å²) in [6, 6.07) is 0. The van der Waals surface area contributed by atoms with Crippen molar-refractivity contribution in [2.75, 3.05) is 16.8 Å². The van der Waals surface area contributed by atoms with E-state index in [2.05, 4.69) is 37.7 Å². The molecule has 12 heavy (non-hydrogen) atoms. The minimum atomic E-state index is 0.219. The summed E-state index contributed by atoms with van der Waals surface area (Å²) in [6.45, 7) is 0. The second-order valence-electron chi connectivity index (χ2n) is 1.96. The highest BCUT2D eigenvalue weighted by atomic mass is 79.9. The van der Waals surface area contributed by atoms with Crippen molar-refractivity contribution in [3.8, 4) is 11.8 Å². The molecule has 0 amide bonds. The lowest BCUT2D eigenvalue weighted by Crippen LogP contribution is -2.01. The van der Waals surface area contributed by atoms with Gasteiger partial charge >= 0.3 is 0 Å². The van der Waals surface area contributed by atoms with E-state index >= 15 is 0 Å². The molecule has 0 fully saturated rings. The predicted molar refractivity (Wildman–Crippen MR) is 51.5 cm³/mol. The van der Waals surface area contributed by atoms with Crippen LogP contribution >= 0.6 is 15.9 Å². The first-order chi connectivity index (χ1) is 5.74. The van der Waals surface area contributed by atoms with Crippen molar-refractivity contribution in [2.24, 2.45) is 0 Å². The molecule has 0 aliphatic carbocycles. The number of halogens is 1. The van der Waals surface area contributed by atoms with Gasteiger partial charge in [0.15, 0.2) is 11.6 Å². The van der Waals surface area contributed by atoms with Crippen molar-refractivity contribution >= 4 is 27.6 Å². The Morgan fingerprint density at radius 2 is 2.17 bits per heavy atom. The Hall–Kier alpha value is -1.28. The molecule has 0 aliphatic heterocycles. The zero-order valence-electron chi connectivity index (χ0n) is 6.21. The van der Waals surface area contributed by atoms with Crippen molar-refractivity contribution in [3.05, 3.63) is 11.9 Å². The van der Waals surface area contributed by atoms with E-state index in [1.807, 2.05) is 0 Å². The fourth-order valence-electron chi connectivity index (χ4n) is 0.597. The lowest BCUT2D eigenvalue weighted by Gasteiger charge is -1.96. The van der Waals surface area contributed by atoms with Crippen LogP contribution < -0.4 is 11.5 Å². The maximum Gasteiger partial charge on any atom is 0.167 e. The maximum atomic E-state index is 5.41. The molecule has 0 unspecified atom stereocenters. The molecule has 0 radical (unpaired) electrons. The fraction of sp³-hybridized carbons (Fsp3) is 0.143. The summed E-state index contributed by atoms with van der Waals surface area (Å²) in [6.07, 6.45) is 1.49. The maximum absolute atomic E-state index is 5.41. The molecule has 62 valence electrons. The van der Waals surface area contributed by atoms with Gasteiger partial charge in [-0.3, -0.25) is 0 Å². The molecule has 0 atom stereocenters. The first-order valence-electron chi connectivity index (χ1n) is 3.17. The van der Waals surface area contributed by atoms with Gasteiger partial charge in [0, 0.05) is 0 Å². The molecule has 1 aromatic heterocycles. The van der Waals surface area contributed by atoms with Crippen LogP contribution in [0.4, 0.5) is 11.6 Å². The van der Waals surface area contributed by atoms with Crippen molar-refractivity contribution in [1.29, 1.82) is 0 Å². The van der Waals surface area contributed by atoms with Gasteiger partial charge in [0.25, 0.3) is 0 Å². The summed E-state index contributed by atoms with van der Waals surface area (Å²) in [5.74, 6) is 5.99. The highest BCUT2D eigenvalue weighted by Crippen LogP contribution is 2.05. The lowest BCUT2D eigenvalue weighted by molar-refractivity contribution is 1.19. The molecular formula is C7H7BrN4. The van der Waals surface area contributed by atoms with Gasteiger partial charge in [0.2, 0.25) is 0 Å². The molecule has 0 aromatic carbocycles. The van der Waals surface area contributed by atoms with Crippen molar-refractivity contribution in [3.63, 3.8) is 0 Å². The largest absolute Gasteiger partial charge is 0.381 e. The van der Waals surface area contributed by atoms with Gasteiger partial charge < -0.3 is 11.5 Å². The number of hydrogen-bond acceptors (Lipinski definition) is 4. The van der Waals surface area contributed by atoms with Gasteiger partial charge in [0.05, 0.1) is 11.5 Å². The minimum absolute atomic E-state index is 0.219. The molecule has 5 heteroatoms. The fourth-order valence-corrected chi connectivity index (χ4v) is 0.737. The molecule has 0 aliphatic rings. The van der Waals surface area contributed by atoms with E-state index < -0.39 is 0 Å². The molecule has 4 N–H and O–H groups in total. The van der Waals surface area contributed by atoms with Gasteiger partial charge in [-0.15, -0.1) is 0 Å². The highest BCUT2D eigenvalue weighted by Gasteiger charge is 1.96. The van der Waals surface area contributed by atoms with E-state index in [-0.39, 0.29) is 11.6 Å². The second-order valence-corrected chi connectivity index (χ2v) is 2.52. The molecule has 4 nitrogen and oxygen atoms in total. The number of rotatable bonds is 0. The van der Waals surface area contributed by atoms with Crippen LogP contribution in [-0.2, 0) is 0 Å². The highest BCUT2D eigenvalue weighted by molar-refractivity contribution is 9.09. The summed E-state index contributed by atoms with van der Waals surface area (Å²) in [5.41, 5.74) is 11.3. The van der Waals surface area contributed by atoms with E-state index in [4.69, 9.17) is 11.5 Å². The Bertz CT molecular complexity index is 339. The third-order valence-corrected chi connectivity index (χ3v) is 1.39. The van der Waals surface area contributed by atoms with Gasteiger partial charge in [-0.05, 0) is 5.92 Å². The monoisotopic (exact) mass is 226 g/mol. The zero-order chi connectivity index (χ0) is 8.97. The van der Waals surface area contributed by atoms with Crippen LogP contribution in [0.5, 0.6) is 0 Å². The molecule has 0 saturated carbocycles. The van der Waals surface area contributed by atoms with Crippen molar-refractivity contribution < 1.29 is 0 Å². The van der Waals surface area contributed by atoms with E-state index in [1.54, 1.807) is 0 Å². The number of hydrogen-bond donors (Lipinski definition) is 2. The van der Waals surface area contributed by atoms with Crippen LogP contribution in [0.2, 0.25) is 0 Å². The number of nitrogens with two attached hydrogens (primary N) is 2. The second kappa shape index (κ2) is 3.93. The number of anilines is 2. The Morgan fingerprint density at radius 1 is 1.42 bits per heavy atom. The predicted octanol–water partition coefficient (Wildman–Crippen LogP) is 0.387. The topological polar surface area (TPSA) is 77.8 Å². The molecule has 0 saturated heterocycles. The number of alkyl halides is 1.